The Labute approximate surface area is 161 Å². The lowest BCUT2D eigenvalue weighted by Crippen LogP contribution is -2.27. The molecule has 0 aliphatic rings. The van der Waals surface area contributed by atoms with Gasteiger partial charge in [-0.05, 0) is 42.6 Å². The molecule has 6 heteroatoms. The molecule has 0 aliphatic heterocycles. The number of hydrogen-bond donors (Lipinski definition) is 1. The largest absolute Gasteiger partial charge is 0.344 e. The van der Waals surface area contributed by atoms with Crippen LogP contribution in [0.15, 0.2) is 78.4 Å². The van der Waals surface area contributed by atoms with Crippen LogP contribution >= 0.6 is 11.3 Å². The lowest BCUT2D eigenvalue weighted by atomic mass is 10.1. The molecule has 1 aromatic carbocycles. The zero-order valence-corrected chi connectivity index (χ0v) is 15.6. The Morgan fingerprint density at radius 3 is 2.59 bits per heavy atom. The fourth-order valence-electron chi connectivity index (χ4n) is 2.83. The van der Waals surface area contributed by atoms with E-state index >= 15 is 0 Å². The molecule has 0 spiro atoms. The van der Waals surface area contributed by atoms with Gasteiger partial charge >= 0.3 is 0 Å². The van der Waals surface area contributed by atoms with E-state index in [0.717, 1.165) is 16.3 Å². The summed E-state index contributed by atoms with van der Waals surface area (Å²) < 4.78 is 1.75. The van der Waals surface area contributed by atoms with Crippen LogP contribution in [-0.4, -0.2) is 20.7 Å². The molecule has 4 rings (SSSR count). The van der Waals surface area contributed by atoms with E-state index in [0.29, 0.717) is 11.3 Å². The topological polar surface area (TPSA) is 59.8 Å². The van der Waals surface area contributed by atoms with E-state index in [1.165, 1.54) is 0 Å². The first kappa shape index (κ1) is 17.2. The van der Waals surface area contributed by atoms with Gasteiger partial charge in [-0.1, -0.05) is 30.3 Å². The predicted molar refractivity (Wildman–Crippen MR) is 107 cm³/mol. The van der Waals surface area contributed by atoms with E-state index in [1.54, 1.807) is 28.4 Å². The van der Waals surface area contributed by atoms with Gasteiger partial charge in [0.1, 0.15) is 5.69 Å². The fraction of sp³-hybridized carbons (Fsp3) is 0.0952. The summed E-state index contributed by atoms with van der Waals surface area (Å²) in [5, 5.41) is 9.69. The molecule has 27 heavy (non-hydrogen) atoms. The van der Waals surface area contributed by atoms with Crippen LogP contribution in [0.2, 0.25) is 0 Å². The Hall–Kier alpha value is -3.25. The van der Waals surface area contributed by atoms with Crippen molar-refractivity contribution in [3.8, 4) is 16.3 Å². The summed E-state index contributed by atoms with van der Waals surface area (Å²) in [6.45, 7) is 1.92. The van der Waals surface area contributed by atoms with Gasteiger partial charge in [0.2, 0.25) is 0 Å². The lowest BCUT2D eigenvalue weighted by Gasteiger charge is -2.12. The van der Waals surface area contributed by atoms with Gasteiger partial charge in [0, 0.05) is 12.4 Å². The molecule has 0 saturated heterocycles. The lowest BCUT2D eigenvalue weighted by molar-refractivity contribution is 0.0940. The number of aromatic nitrogens is 3. The number of thiophene rings is 1. The van der Waals surface area contributed by atoms with Crippen molar-refractivity contribution in [2.45, 2.75) is 13.0 Å². The molecule has 3 aromatic heterocycles. The van der Waals surface area contributed by atoms with Crippen molar-refractivity contribution in [1.29, 1.82) is 0 Å². The molecule has 0 fully saturated rings. The SMILES string of the molecule is CC(NC(=O)c1cn(-c2ccccc2)nc1-c1cccs1)c1ccccn1. The summed E-state index contributed by atoms with van der Waals surface area (Å²) in [5.74, 6) is -0.168. The van der Waals surface area contributed by atoms with Gasteiger partial charge in [-0.15, -0.1) is 11.3 Å². The Balaban J connectivity index is 1.68. The highest BCUT2D eigenvalue weighted by molar-refractivity contribution is 7.13. The number of para-hydroxylation sites is 1. The summed E-state index contributed by atoms with van der Waals surface area (Å²) >= 11 is 1.56. The highest BCUT2D eigenvalue weighted by Crippen LogP contribution is 2.28. The van der Waals surface area contributed by atoms with Gasteiger partial charge in [-0.2, -0.15) is 5.10 Å². The van der Waals surface area contributed by atoms with Crippen molar-refractivity contribution in [3.63, 3.8) is 0 Å². The Kier molecular flexibility index (Phi) is 4.80. The van der Waals surface area contributed by atoms with E-state index in [4.69, 9.17) is 0 Å². The van der Waals surface area contributed by atoms with Crippen LogP contribution in [0, 0.1) is 0 Å². The minimum atomic E-state index is -0.199. The third-order valence-electron chi connectivity index (χ3n) is 4.21. The molecule has 1 amide bonds. The maximum absolute atomic E-state index is 13.0. The second kappa shape index (κ2) is 7.55. The summed E-state index contributed by atoms with van der Waals surface area (Å²) in [7, 11) is 0. The van der Waals surface area contributed by atoms with Gasteiger partial charge in [-0.3, -0.25) is 9.78 Å². The average Bonchev–Trinajstić information content (AvgIpc) is 3.39. The molecule has 5 nitrogen and oxygen atoms in total. The summed E-state index contributed by atoms with van der Waals surface area (Å²) in [5.41, 5.74) is 2.95. The molecule has 0 radical (unpaired) electrons. The highest BCUT2D eigenvalue weighted by atomic mass is 32.1. The Morgan fingerprint density at radius 2 is 1.89 bits per heavy atom. The molecular formula is C21H18N4OS. The minimum absolute atomic E-state index is 0.168. The van der Waals surface area contributed by atoms with Gasteiger partial charge in [-0.25, -0.2) is 4.68 Å². The maximum atomic E-state index is 13.0. The minimum Gasteiger partial charge on any atom is -0.344 e. The zero-order valence-electron chi connectivity index (χ0n) is 14.7. The third-order valence-corrected chi connectivity index (χ3v) is 5.09. The first-order chi connectivity index (χ1) is 13.2. The van der Waals surface area contributed by atoms with Crippen molar-refractivity contribution >= 4 is 17.2 Å². The number of benzene rings is 1. The molecule has 3 heterocycles. The fourth-order valence-corrected chi connectivity index (χ4v) is 3.55. The van der Waals surface area contributed by atoms with Crippen LogP contribution in [0.1, 0.15) is 29.0 Å². The molecule has 1 atom stereocenters. The number of carbonyl (C=O) groups is 1. The normalized spacial score (nSPS) is 11.9. The standard InChI is InChI=1S/C21H18N4OS/c1-15(18-10-5-6-12-22-18)23-21(26)17-14-25(16-8-3-2-4-9-16)24-20(17)19-11-7-13-27-19/h2-15H,1H3,(H,23,26). The van der Waals surface area contributed by atoms with Crippen LogP contribution in [0.25, 0.3) is 16.3 Å². The van der Waals surface area contributed by atoms with E-state index in [2.05, 4.69) is 15.4 Å². The third kappa shape index (κ3) is 3.66. The van der Waals surface area contributed by atoms with Crippen LogP contribution in [0.4, 0.5) is 0 Å². The van der Waals surface area contributed by atoms with Crippen molar-refractivity contribution in [3.05, 3.63) is 89.7 Å². The molecule has 1 N–H and O–H groups in total. The first-order valence-electron chi connectivity index (χ1n) is 8.63. The highest BCUT2D eigenvalue weighted by Gasteiger charge is 2.21. The van der Waals surface area contributed by atoms with Crippen molar-refractivity contribution in [2.24, 2.45) is 0 Å². The number of nitrogens with zero attached hydrogens (tertiary/aromatic N) is 3. The molecule has 0 bridgehead atoms. The van der Waals surface area contributed by atoms with Gasteiger partial charge in [0.25, 0.3) is 5.91 Å². The summed E-state index contributed by atoms with van der Waals surface area (Å²) in [4.78, 5) is 18.3. The molecule has 0 saturated carbocycles. The molecular weight excluding hydrogens is 356 g/mol. The van der Waals surface area contributed by atoms with Crippen LogP contribution in [0.3, 0.4) is 0 Å². The first-order valence-corrected chi connectivity index (χ1v) is 9.51. The van der Waals surface area contributed by atoms with E-state index in [1.807, 2.05) is 73.0 Å². The second-order valence-corrected chi connectivity index (χ2v) is 7.05. The monoisotopic (exact) mass is 374 g/mol. The van der Waals surface area contributed by atoms with E-state index < -0.39 is 0 Å². The molecule has 0 aliphatic carbocycles. The van der Waals surface area contributed by atoms with Gasteiger partial charge < -0.3 is 5.32 Å². The summed E-state index contributed by atoms with van der Waals surface area (Å²) in [6.07, 6.45) is 3.51. The average molecular weight is 374 g/mol. The number of carbonyl (C=O) groups excluding carboxylic acids is 1. The predicted octanol–water partition coefficient (Wildman–Crippen LogP) is 4.49. The number of nitrogens with one attached hydrogen (secondary N) is 1. The molecule has 134 valence electrons. The smallest absolute Gasteiger partial charge is 0.255 e. The quantitative estimate of drug-likeness (QED) is 0.560. The summed E-state index contributed by atoms with van der Waals surface area (Å²) in [6, 6.07) is 19.2. The number of hydrogen-bond acceptors (Lipinski definition) is 4. The van der Waals surface area contributed by atoms with Crippen molar-refractivity contribution < 1.29 is 4.79 Å². The number of amides is 1. The van der Waals surface area contributed by atoms with Gasteiger partial charge in [0.15, 0.2) is 0 Å². The second-order valence-electron chi connectivity index (χ2n) is 6.10. The van der Waals surface area contributed by atoms with Crippen molar-refractivity contribution in [2.75, 3.05) is 0 Å². The van der Waals surface area contributed by atoms with Gasteiger partial charge in [0.05, 0.1) is 27.9 Å². The molecule has 4 aromatic rings. The maximum Gasteiger partial charge on any atom is 0.255 e. The molecule has 1 unspecified atom stereocenters. The Bertz CT molecular complexity index is 1030. The van der Waals surface area contributed by atoms with Crippen LogP contribution in [-0.2, 0) is 0 Å². The van der Waals surface area contributed by atoms with Crippen LogP contribution < -0.4 is 5.32 Å². The van der Waals surface area contributed by atoms with E-state index in [-0.39, 0.29) is 11.9 Å². The number of rotatable bonds is 5. The zero-order chi connectivity index (χ0) is 18.6. The Morgan fingerprint density at radius 1 is 1.07 bits per heavy atom. The van der Waals surface area contributed by atoms with Crippen molar-refractivity contribution in [1.82, 2.24) is 20.1 Å². The number of pyridine rings is 1. The van der Waals surface area contributed by atoms with E-state index in [9.17, 15) is 4.79 Å². The van der Waals surface area contributed by atoms with Crippen LogP contribution in [0.5, 0.6) is 0 Å².